The number of aromatic nitrogens is 5. The number of alkyl halides is 1. The minimum absolute atomic E-state index is 0.0891. The molecular formula is C21H22F2N8. The maximum atomic E-state index is 14.4. The van der Waals surface area contributed by atoms with Crippen molar-refractivity contribution in [1.82, 2.24) is 24.7 Å². The Morgan fingerprint density at radius 3 is 2.87 bits per heavy atom. The lowest BCUT2D eigenvalue weighted by Crippen LogP contribution is -2.23. The summed E-state index contributed by atoms with van der Waals surface area (Å²) in [5.74, 6) is 0.783. The van der Waals surface area contributed by atoms with Crippen LogP contribution in [0, 0.1) is 12.7 Å². The van der Waals surface area contributed by atoms with Crippen LogP contribution in [0.15, 0.2) is 23.3 Å². The number of nitrogen functional groups attached to an aromatic ring is 1. The molecule has 8 nitrogen and oxygen atoms in total. The number of aliphatic imine (C=N–C) groups is 1. The fraction of sp³-hybridized carbons (Fsp3) is 0.381. The van der Waals surface area contributed by atoms with Gasteiger partial charge in [0.15, 0.2) is 11.5 Å². The third kappa shape index (κ3) is 3.13. The topological polar surface area (TPSA) is 107 Å². The molecule has 0 radical (unpaired) electrons. The lowest BCUT2D eigenvalue weighted by molar-refractivity contribution is 0.416. The standard InChI is InChI=1S/C21H22F2N8/c1-10-13(23)7-11-16(19-28-17(24)15-18(29-19)26-9-21(15,2)3)30-31(20(11)27-10)8-14-12(22)5-4-6-25-14/h4,6-7,12H,5,8-9H2,1-3H3,(H3,24,26,28,29). The van der Waals surface area contributed by atoms with Crippen LogP contribution in [0.2, 0.25) is 0 Å². The van der Waals surface area contributed by atoms with E-state index in [4.69, 9.17) is 5.73 Å². The number of rotatable bonds is 3. The van der Waals surface area contributed by atoms with E-state index in [-0.39, 0.29) is 29.9 Å². The van der Waals surface area contributed by atoms with Gasteiger partial charge >= 0.3 is 0 Å². The van der Waals surface area contributed by atoms with E-state index in [0.717, 1.165) is 5.56 Å². The molecule has 1 atom stereocenters. The number of pyridine rings is 1. The molecule has 0 aromatic carbocycles. The Labute approximate surface area is 177 Å². The second-order valence-electron chi connectivity index (χ2n) is 8.53. The fourth-order valence-corrected chi connectivity index (χ4v) is 4.05. The first kappa shape index (κ1) is 19.5. The van der Waals surface area contributed by atoms with Crippen molar-refractivity contribution in [2.45, 2.75) is 45.3 Å². The van der Waals surface area contributed by atoms with Crippen molar-refractivity contribution in [3.8, 4) is 11.5 Å². The van der Waals surface area contributed by atoms with Gasteiger partial charge in [-0.25, -0.2) is 28.4 Å². The van der Waals surface area contributed by atoms with Crippen molar-refractivity contribution < 1.29 is 8.78 Å². The zero-order valence-corrected chi connectivity index (χ0v) is 17.4. The van der Waals surface area contributed by atoms with E-state index in [0.29, 0.717) is 40.6 Å². The van der Waals surface area contributed by atoms with Gasteiger partial charge in [0.1, 0.15) is 29.3 Å². The van der Waals surface area contributed by atoms with E-state index < -0.39 is 12.0 Å². The van der Waals surface area contributed by atoms with Crippen LogP contribution < -0.4 is 11.1 Å². The molecule has 0 spiro atoms. The van der Waals surface area contributed by atoms with E-state index in [9.17, 15) is 8.78 Å². The van der Waals surface area contributed by atoms with Crippen LogP contribution in [0.25, 0.3) is 22.6 Å². The number of nitrogens with two attached hydrogens (primary N) is 1. The minimum atomic E-state index is -1.20. The molecule has 31 heavy (non-hydrogen) atoms. The number of anilines is 2. The third-order valence-electron chi connectivity index (χ3n) is 5.74. The number of nitrogens with one attached hydrogen (secondary N) is 1. The number of halogens is 2. The molecule has 0 saturated carbocycles. The lowest BCUT2D eigenvalue weighted by atomic mass is 9.88. The van der Waals surface area contributed by atoms with Crippen LogP contribution in [0.5, 0.6) is 0 Å². The van der Waals surface area contributed by atoms with Crippen LogP contribution in [0.3, 0.4) is 0 Å². The van der Waals surface area contributed by atoms with Crippen molar-refractivity contribution in [2.75, 3.05) is 17.6 Å². The highest BCUT2D eigenvalue weighted by Gasteiger charge is 2.35. The summed E-state index contributed by atoms with van der Waals surface area (Å²) in [5.41, 5.74) is 8.22. The number of hydrogen-bond donors (Lipinski definition) is 2. The Morgan fingerprint density at radius 1 is 1.29 bits per heavy atom. The molecule has 160 valence electrons. The number of fused-ring (bicyclic) bond motifs is 2. The summed E-state index contributed by atoms with van der Waals surface area (Å²) in [7, 11) is 0. The highest BCUT2D eigenvalue weighted by molar-refractivity contribution is 5.94. The third-order valence-corrected chi connectivity index (χ3v) is 5.74. The van der Waals surface area contributed by atoms with Crippen molar-refractivity contribution >= 4 is 28.4 Å². The number of aryl methyl sites for hydroxylation is 1. The highest BCUT2D eigenvalue weighted by atomic mass is 19.1. The Bertz CT molecular complexity index is 1270. The molecule has 0 amide bonds. The van der Waals surface area contributed by atoms with Gasteiger partial charge < -0.3 is 11.1 Å². The predicted molar refractivity (Wildman–Crippen MR) is 115 cm³/mol. The van der Waals surface area contributed by atoms with Gasteiger partial charge in [-0.15, -0.1) is 0 Å². The van der Waals surface area contributed by atoms with Gasteiger partial charge in [-0.3, -0.25) is 4.99 Å². The summed E-state index contributed by atoms with van der Waals surface area (Å²) >= 11 is 0. The first-order valence-electron chi connectivity index (χ1n) is 10.1. The zero-order valence-electron chi connectivity index (χ0n) is 17.4. The van der Waals surface area contributed by atoms with Gasteiger partial charge in [-0.2, -0.15) is 5.10 Å². The van der Waals surface area contributed by atoms with E-state index in [1.54, 1.807) is 19.2 Å². The molecule has 0 aliphatic carbocycles. The monoisotopic (exact) mass is 424 g/mol. The lowest BCUT2D eigenvalue weighted by Gasteiger charge is -2.17. The van der Waals surface area contributed by atoms with Crippen LogP contribution in [-0.2, 0) is 12.0 Å². The quantitative estimate of drug-likeness (QED) is 0.668. The summed E-state index contributed by atoms with van der Waals surface area (Å²) in [5, 5.41) is 8.27. The Morgan fingerprint density at radius 2 is 2.10 bits per heavy atom. The molecule has 0 bridgehead atoms. The van der Waals surface area contributed by atoms with E-state index >= 15 is 0 Å². The van der Waals surface area contributed by atoms with Crippen LogP contribution in [0.1, 0.15) is 31.5 Å². The maximum Gasteiger partial charge on any atom is 0.184 e. The average Bonchev–Trinajstić information content (AvgIpc) is 3.21. The average molecular weight is 424 g/mol. The van der Waals surface area contributed by atoms with Crippen molar-refractivity contribution in [2.24, 2.45) is 4.99 Å². The van der Waals surface area contributed by atoms with Crippen LogP contribution in [0.4, 0.5) is 20.4 Å². The number of nitrogens with zero attached hydrogens (tertiary/aromatic N) is 6. The van der Waals surface area contributed by atoms with Gasteiger partial charge in [-0.1, -0.05) is 19.9 Å². The normalized spacial score (nSPS) is 19.4. The van der Waals surface area contributed by atoms with E-state index in [2.05, 4.69) is 44.2 Å². The molecule has 3 aromatic heterocycles. The Hall–Kier alpha value is -3.43. The molecule has 2 aliphatic rings. The molecule has 10 heteroatoms. The van der Waals surface area contributed by atoms with E-state index in [1.807, 2.05) is 0 Å². The molecular weight excluding hydrogens is 402 g/mol. The Kier molecular flexibility index (Phi) is 4.28. The SMILES string of the molecule is Cc1nc2c(cc1F)c(-c1nc(N)c3c(n1)NCC3(C)C)nn2CC1=NC=CCC1F. The smallest absolute Gasteiger partial charge is 0.184 e. The van der Waals surface area contributed by atoms with Crippen molar-refractivity contribution in [3.63, 3.8) is 0 Å². The predicted octanol–water partition coefficient (Wildman–Crippen LogP) is 3.32. The second-order valence-corrected chi connectivity index (χ2v) is 8.53. The molecule has 2 aliphatic heterocycles. The molecule has 5 heterocycles. The molecule has 0 saturated heterocycles. The van der Waals surface area contributed by atoms with Gasteiger partial charge in [0.25, 0.3) is 0 Å². The molecule has 3 aromatic rings. The van der Waals surface area contributed by atoms with Crippen LogP contribution in [-0.4, -0.2) is 43.2 Å². The zero-order chi connectivity index (χ0) is 21.9. The van der Waals surface area contributed by atoms with Gasteiger partial charge in [0.2, 0.25) is 0 Å². The molecule has 3 N–H and O–H groups in total. The number of allylic oxidation sites excluding steroid dienone is 1. The summed E-state index contributed by atoms with van der Waals surface area (Å²) < 4.78 is 30.3. The maximum absolute atomic E-state index is 14.4. The minimum Gasteiger partial charge on any atom is -0.383 e. The van der Waals surface area contributed by atoms with E-state index in [1.165, 1.54) is 10.7 Å². The Balaban J connectivity index is 1.68. The number of hydrogen-bond acceptors (Lipinski definition) is 7. The van der Waals surface area contributed by atoms with Gasteiger partial charge in [0, 0.05) is 30.1 Å². The first-order valence-corrected chi connectivity index (χ1v) is 10.1. The van der Waals surface area contributed by atoms with Gasteiger partial charge in [0.05, 0.1) is 23.3 Å². The van der Waals surface area contributed by atoms with Crippen molar-refractivity contribution in [1.29, 1.82) is 0 Å². The molecule has 1 unspecified atom stereocenters. The highest BCUT2D eigenvalue weighted by Crippen LogP contribution is 2.39. The first-order chi connectivity index (χ1) is 14.7. The largest absolute Gasteiger partial charge is 0.383 e. The summed E-state index contributed by atoms with van der Waals surface area (Å²) in [6.07, 6.45) is 2.31. The summed E-state index contributed by atoms with van der Waals surface area (Å²) in [6.45, 7) is 6.46. The summed E-state index contributed by atoms with van der Waals surface area (Å²) in [4.78, 5) is 17.6. The second kappa shape index (κ2) is 6.79. The van der Waals surface area contributed by atoms with Crippen molar-refractivity contribution in [3.05, 3.63) is 35.4 Å². The molecule has 5 rings (SSSR count). The molecule has 0 fully saturated rings. The fourth-order valence-electron chi connectivity index (χ4n) is 4.05. The van der Waals surface area contributed by atoms with Gasteiger partial charge in [-0.05, 0) is 13.0 Å². The summed E-state index contributed by atoms with van der Waals surface area (Å²) in [6, 6.07) is 1.36. The van der Waals surface area contributed by atoms with Crippen LogP contribution >= 0.6 is 0 Å².